The van der Waals surface area contributed by atoms with Crippen molar-refractivity contribution in [1.29, 1.82) is 0 Å². The quantitative estimate of drug-likeness (QED) is 0.628. The van der Waals surface area contributed by atoms with Crippen LogP contribution in [0, 0.1) is 5.92 Å². The number of carbonyl (C=O) groups excluding carboxylic acids is 3. The van der Waals surface area contributed by atoms with Gasteiger partial charge in [0.1, 0.15) is 6.61 Å². The Balaban J connectivity index is 1.64. The summed E-state index contributed by atoms with van der Waals surface area (Å²) in [5, 5.41) is 0. The topological polar surface area (TPSA) is 63.7 Å². The summed E-state index contributed by atoms with van der Waals surface area (Å²) in [6, 6.07) is 9.06. The van der Waals surface area contributed by atoms with Gasteiger partial charge in [0, 0.05) is 12.2 Å². The van der Waals surface area contributed by atoms with Gasteiger partial charge in [-0.25, -0.2) is 0 Å². The monoisotopic (exact) mass is 299 g/mol. The summed E-state index contributed by atoms with van der Waals surface area (Å²) < 4.78 is 5.36. The summed E-state index contributed by atoms with van der Waals surface area (Å²) in [5.74, 6) is -1.43. The molecule has 1 aromatic rings. The first-order chi connectivity index (χ1) is 10.7. The van der Waals surface area contributed by atoms with E-state index in [0.717, 1.165) is 12.0 Å². The number of benzene rings is 1. The minimum atomic E-state index is -0.420. The predicted octanol–water partition coefficient (Wildman–Crippen LogP) is 1.82. The number of amides is 2. The van der Waals surface area contributed by atoms with Gasteiger partial charge in [-0.05, 0) is 18.4 Å². The Kier molecular flexibility index (Phi) is 4.04. The number of hydrogen-bond donors (Lipinski definition) is 0. The minimum absolute atomic E-state index is 0.211. The summed E-state index contributed by atoms with van der Waals surface area (Å²) in [4.78, 5) is 37.1. The number of carbonyl (C=O) groups is 3. The average Bonchev–Trinajstić information content (AvgIpc) is 3.12. The van der Waals surface area contributed by atoms with Gasteiger partial charge in [-0.3, -0.25) is 19.3 Å². The van der Waals surface area contributed by atoms with Crippen molar-refractivity contribution >= 4 is 17.8 Å². The van der Waals surface area contributed by atoms with Gasteiger partial charge in [0.15, 0.2) is 0 Å². The number of nitrogens with zero attached hydrogens (tertiary/aromatic N) is 1. The number of imide groups is 1. The SMILES string of the molecule is O=C(OCc1ccccc1)[C@H]1CCC[C@@H]1N1C(=O)C=CC1=O. The fourth-order valence-electron chi connectivity index (χ4n) is 3.10. The van der Waals surface area contributed by atoms with Gasteiger partial charge < -0.3 is 4.74 Å². The third-order valence-corrected chi connectivity index (χ3v) is 4.18. The Labute approximate surface area is 128 Å². The van der Waals surface area contributed by atoms with E-state index in [1.165, 1.54) is 17.1 Å². The molecule has 114 valence electrons. The Morgan fingerprint density at radius 1 is 1.09 bits per heavy atom. The van der Waals surface area contributed by atoms with Crippen LogP contribution in [0.15, 0.2) is 42.5 Å². The van der Waals surface area contributed by atoms with Crippen molar-refractivity contribution in [2.24, 2.45) is 5.92 Å². The van der Waals surface area contributed by atoms with Crippen LogP contribution in [0.4, 0.5) is 0 Å². The number of esters is 1. The Bertz CT molecular complexity index is 605. The smallest absolute Gasteiger partial charge is 0.311 e. The van der Waals surface area contributed by atoms with Crippen molar-refractivity contribution in [3.8, 4) is 0 Å². The Morgan fingerprint density at radius 3 is 2.45 bits per heavy atom. The van der Waals surface area contributed by atoms with E-state index in [-0.39, 0.29) is 30.4 Å². The number of hydrogen-bond acceptors (Lipinski definition) is 4. The molecular weight excluding hydrogens is 282 g/mol. The van der Waals surface area contributed by atoms with Gasteiger partial charge in [-0.2, -0.15) is 0 Å². The van der Waals surface area contributed by atoms with Crippen LogP contribution in [0.25, 0.3) is 0 Å². The molecule has 3 rings (SSSR count). The lowest BCUT2D eigenvalue weighted by molar-refractivity contribution is -0.153. The van der Waals surface area contributed by atoms with Crippen LogP contribution in [0.3, 0.4) is 0 Å². The van der Waals surface area contributed by atoms with Gasteiger partial charge in [0.25, 0.3) is 11.8 Å². The largest absolute Gasteiger partial charge is 0.461 e. The van der Waals surface area contributed by atoms with Gasteiger partial charge in [0.05, 0.1) is 12.0 Å². The van der Waals surface area contributed by atoms with Crippen molar-refractivity contribution in [1.82, 2.24) is 4.90 Å². The van der Waals surface area contributed by atoms with Crippen LogP contribution in [-0.2, 0) is 25.7 Å². The zero-order valence-corrected chi connectivity index (χ0v) is 12.1. The lowest BCUT2D eigenvalue weighted by Crippen LogP contribution is -2.44. The molecule has 0 spiro atoms. The number of rotatable bonds is 4. The maximum absolute atomic E-state index is 12.3. The van der Waals surface area contributed by atoms with Crippen molar-refractivity contribution < 1.29 is 19.1 Å². The zero-order valence-electron chi connectivity index (χ0n) is 12.1. The van der Waals surface area contributed by atoms with E-state index in [9.17, 15) is 14.4 Å². The first-order valence-electron chi connectivity index (χ1n) is 7.42. The van der Waals surface area contributed by atoms with Gasteiger partial charge in [-0.1, -0.05) is 36.8 Å². The molecule has 1 aliphatic carbocycles. The standard InChI is InChI=1S/C17H17NO4/c19-15-9-10-16(20)18(15)14-8-4-7-13(14)17(21)22-11-12-5-2-1-3-6-12/h1-3,5-6,9-10,13-14H,4,7-8,11H2/t13-,14-/m0/s1. The molecular formula is C17H17NO4. The molecule has 1 fully saturated rings. The molecule has 5 nitrogen and oxygen atoms in total. The molecule has 0 bridgehead atoms. The molecule has 1 aliphatic heterocycles. The zero-order chi connectivity index (χ0) is 15.5. The van der Waals surface area contributed by atoms with E-state index in [4.69, 9.17) is 4.74 Å². The maximum atomic E-state index is 12.3. The molecule has 0 N–H and O–H groups in total. The Hall–Kier alpha value is -2.43. The molecule has 22 heavy (non-hydrogen) atoms. The summed E-state index contributed by atoms with van der Waals surface area (Å²) in [7, 11) is 0. The molecule has 2 amide bonds. The molecule has 2 atom stereocenters. The first kappa shape index (κ1) is 14.5. The maximum Gasteiger partial charge on any atom is 0.311 e. The second-order valence-corrected chi connectivity index (χ2v) is 5.58. The second kappa shape index (κ2) is 6.13. The van der Waals surface area contributed by atoms with E-state index >= 15 is 0 Å². The molecule has 1 heterocycles. The summed E-state index contributed by atoms with van der Waals surface area (Å²) in [6.45, 7) is 0.211. The fourth-order valence-corrected chi connectivity index (χ4v) is 3.10. The summed E-state index contributed by atoms with van der Waals surface area (Å²) in [5.41, 5.74) is 0.917. The van der Waals surface area contributed by atoms with Gasteiger partial charge >= 0.3 is 5.97 Å². The van der Waals surface area contributed by atoms with E-state index in [0.29, 0.717) is 12.8 Å². The van der Waals surface area contributed by atoms with Crippen LogP contribution in [0.2, 0.25) is 0 Å². The Morgan fingerprint density at radius 2 is 1.77 bits per heavy atom. The normalized spacial score (nSPS) is 24.1. The predicted molar refractivity (Wildman–Crippen MR) is 78.4 cm³/mol. The van der Waals surface area contributed by atoms with E-state index in [1.54, 1.807) is 0 Å². The molecule has 0 saturated heterocycles. The fraction of sp³-hybridized carbons (Fsp3) is 0.353. The molecule has 0 aromatic heterocycles. The highest BCUT2D eigenvalue weighted by atomic mass is 16.5. The van der Waals surface area contributed by atoms with Gasteiger partial charge in [0.2, 0.25) is 0 Å². The van der Waals surface area contributed by atoms with E-state index < -0.39 is 5.92 Å². The van der Waals surface area contributed by atoms with Crippen molar-refractivity contribution in [2.45, 2.75) is 31.9 Å². The van der Waals surface area contributed by atoms with E-state index in [2.05, 4.69) is 0 Å². The lowest BCUT2D eigenvalue weighted by Gasteiger charge is -2.26. The molecule has 0 radical (unpaired) electrons. The van der Waals surface area contributed by atoms with E-state index in [1.807, 2.05) is 30.3 Å². The van der Waals surface area contributed by atoms with Crippen LogP contribution >= 0.6 is 0 Å². The van der Waals surface area contributed by atoms with Crippen molar-refractivity contribution in [3.05, 3.63) is 48.0 Å². The second-order valence-electron chi connectivity index (χ2n) is 5.58. The highest BCUT2D eigenvalue weighted by Gasteiger charge is 2.43. The molecule has 1 aromatic carbocycles. The number of ether oxygens (including phenoxy) is 1. The third-order valence-electron chi connectivity index (χ3n) is 4.18. The summed E-state index contributed by atoms with van der Waals surface area (Å²) >= 11 is 0. The van der Waals surface area contributed by atoms with Gasteiger partial charge in [-0.15, -0.1) is 0 Å². The average molecular weight is 299 g/mol. The highest BCUT2D eigenvalue weighted by molar-refractivity contribution is 6.13. The van der Waals surface area contributed by atoms with Crippen LogP contribution in [0.5, 0.6) is 0 Å². The molecule has 5 heteroatoms. The highest BCUT2D eigenvalue weighted by Crippen LogP contribution is 2.32. The van der Waals surface area contributed by atoms with Crippen LogP contribution < -0.4 is 0 Å². The van der Waals surface area contributed by atoms with Crippen molar-refractivity contribution in [3.63, 3.8) is 0 Å². The first-order valence-corrected chi connectivity index (χ1v) is 7.42. The minimum Gasteiger partial charge on any atom is -0.461 e. The lowest BCUT2D eigenvalue weighted by atomic mass is 10.0. The molecule has 0 unspecified atom stereocenters. The third kappa shape index (κ3) is 2.79. The van der Waals surface area contributed by atoms with Crippen LogP contribution in [-0.4, -0.2) is 28.7 Å². The van der Waals surface area contributed by atoms with Crippen LogP contribution in [0.1, 0.15) is 24.8 Å². The molecule has 1 saturated carbocycles. The summed E-state index contributed by atoms with van der Waals surface area (Å²) in [6.07, 6.45) is 4.63. The van der Waals surface area contributed by atoms with Crippen molar-refractivity contribution in [2.75, 3.05) is 0 Å². The molecule has 2 aliphatic rings.